The lowest BCUT2D eigenvalue weighted by molar-refractivity contribution is -0.0239. The molecule has 0 saturated carbocycles. The summed E-state index contributed by atoms with van der Waals surface area (Å²) in [7, 11) is -2.13. The number of ether oxygens (including phenoxy) is 2. The van der Waals surface area contributed by atoms with Crippen LogP contribution in [0, 0.1) is 0 Å². The van der Waals surface area contributed by atoms with Crippen LogP contribution < -0.4 is 4.74 Å². The van der Waals surface area contributed by atoms with Gasteiger partial charge in [-0.3, -0.25) is 4.90 Å². The molecule has 0 radical (unpaired) electrons. The lowest BCUT2D eigenvalue weighted by atomic mass is 10.0. The number of nitrogens with zero attached hydrogens (tertiary/aromatic N) is 2. The molecule has 0 aromatic heterocycles. The van der Waals surface area contributed by atoms with E-state index < -0.39 is 15.6 Å². The van der Waals surface area contributed by atoms with Crippen LogP contribution >= 0.6 is 0 Å². The van der Waals surface area contributed by atoms with Crippen LogP contribution in [-0.2, 0) is 14.8 Å². The lowest BCUT2D eigenvalue weighted by Crippen LogP contribution is -2.49. The van der Waals surface area contributed by atoms with E-state index in [9.17, 15) is 13.5 Å². The van der Waals surface area contributed by atoms with E-state index in [0.717, 1.165) is 13.1 Å². The van der Waals surface area contributed by atoms with Crippen LogP contribution in [0.15, 0.2) is 29.2 Å². The van der Waals surface area contributed by atoms with Gasteiger partial charge in [0.15, 0.2) is 0 Å². The summed E-state index contributed by atoms with van der Waals surface area (Å²) in [4.78, 5) is 2.32. The Morgan fingerprint density at radius 1 is 1.29 bits per heavy atom. The highest BCUT2D eigenvalue weighted by Gasteiger charge is 2.42. The van der Waals surface area contributed by atoms with Crippen molar-refractivity contribution in [1.29, 1.82) is 0 Å². The SMILES string of the molecule is COc1cccc(S(=O)(=O)N2CCC(O)(CN3CCOCC3)C2)c1. The molecule has 2 saturated heterocycles. The number of rotatable bonds is 5. The number of hydrogen-bond donors (Lipinski definition) is 1. The van der Waals surface area contributed by atoms with Gasteiger partial charge in [-0.15, -0.1) is 0 Å². The Morgan fingerprint density at radius 3 is 2.75 bits per heavy atom. The maximum atomic E-state index is 12.8. The van der Waals surface area contributed by atoms with Crippen molar-refractivity contribution in [2.24, 2.45) is 0 Å². The number of β-amino-alcohol motifs (C(OH)–C–C–N with tert-alkyl or cyclic N) is 1. The topological polar surface area (TPSA) is 79.3 Å². The molecule has 1 atom stereocenters. The molecule has 2 aliphatic rings. The molecule has 8 heteroatoms. The zero-order valence-electron chi connectivity index (χ0n) is 13.8. The fourth-order valence-corrected chi connectivity index (χ4v) is 4.80. The third-order valence-electron chi connectivity index (χ3n) is 4.60. The van der Waals surface area contributed by atoms with Gasteiger partial charge in [0, 0.05) is 38.8 Å². The molecule has 1 N–H and O–H groups in total. The van der Waals surface area contributed by atoms with E-state index in [0.29, 0.717) is 38.5 Å². The molecule has 0 aliphatic carbocycles. The lowest BCUT2D eigenvalue weighted by Gasteiger charge is -2.33. The van der Waals surface area contributed by atoms with E-state index >= 15 is 0 Å². The van der Waals surface area contributed by atoms with Crippen molar-refractivity contribution in [3.8, 4) is 5.75 Å². The first kappa shape index (κ1) is 17.6. The summed E-state index contributed by atoms with van der Waals surface area (Å²) in [5, 5.41) is 10.8. The molecular formula is C16H24N2O5S. The van der Waals surface area contributed by atoms with Crippen LogP contribution in [0.4, 0.5) is 0 Å². The molecule has 1 aromatic rings. The molecule has 0 amide bonds. The molecule has 134 valence electrons. The van der Waals surface area contributed by atoms with Crippen molar-refractivity contribution >= 4 is 10.0 Å². The van der Waals surface area contributed by atoms with E-state index in [-0.39, 0.29) is 11.4 Å². The Morgan fingerprint density at radius 2 is 2.04 bits per heavy atom. The van der Waals surface area contributed by atoms with E-state index in [1.807, 2.05) is 0 Å². The average Bonchev–Trinajstić information content (AvgIpc) is 2.98. The van der Waals surface area contributed by atoms with Gasteiger partial charge >= 0.3 is 0 Å². The standard InChI is InChI=1S/C16H24N2O5S/c1-22-14-3-2-4-15(11-14)24(20,21)18-6-5-16(19,13-18)12-17-7-9-23-10-8-17/h2-4,11,19H,5-10,12-13H2,1H3. The number of benzene rings is 1. The van der Waals surface area contributed by atoms with Crippen molar-refractivity contribution in [3.63, 3.8) is 0 Å². The zero-order chi connectivity index (χ0) is 17.2. The fraction of sp³-hybridized carbons (Fsp3) is 0.625. The summed E-state index contributed by atoms with van der Waals surface area (Å²) in [5.41, 5.74) is -1.01. The fourth-order valence-electron chi connectivity index (χ4n) is 3.24. The highest BCUT2D eigenvalue weighted by atomic mass is 32.2. The first-order chi connectivity index (χ1) is 11.4. The van der Waals surface area contributed by atoms with Gasteiger partial charge in [0.1, 0.15) is 5.75 Å². The molecule has 2 fully saturated rings. The number of hydrogen-bond acceptors (Lipinski definition) is 6. The van der Waals surface area contributed by atoms with E-state index in [1.165, 1.54) is 17.5 Å². The Kier molecular flexibility index (Phi) is 5.12. The molecule has 3 rings (SSSR count). The first-order valence-electron chi connectivity index (χ1n) is 8.10. The molecule has 1 aromatic carbocycles. The molecule has 0 spiro atoms. The minimum Gasteiger partial charge on any atom is -0.497 e. The second-order valence-corrected chi connectivity index (χ2v) is 8.32. The first-order valence-corrected chi connectivity index (χ1v) is 9.54. The van der Waals surface area contributed by atoms with Crippen molar-refractivity contribution in [2.75, 3.05) is 53.0 Å². The van der Waals surface area contributed by atoms with Gasteiger partial charge in [0.25, 0.3) is 0 Å². The molecular weight excluding hydrogens is 332 g/mol. The summed E-state index contributed by atoms with van der Waals surface area (Å²) in [6.45, 7) is 3.75. The number of morpholine rings is 1. The smallest absolute Gasteiger partial charge is 0.243 e. The van der Waals surface area contributed by atoms with Crippen molar-refractivity contribution < 1.29 is 23.0 Å². The van der Waals surface area contributed by atoms with Crippen molar-refractivity contribution in [2.45, 2.75) is 16.9 Å². The van der Waals surface area contributed by atoms with Crippen molar-refractivity contribution in [1.82, 2.24) is 9.21 Å². The molecule has 24 heavy (non-hydrogen) atoms. The number of sulfonamides is 1. The molecule has 7 nitrogen and oxygen atoms in total. The highest BCUT2D eigenvalue weighted by molar-refractivity contribution is 7.89. The van der Waals surface area contributed by atoms with E-state index in [2.05, 4.69) is 4.90 Å². The summed E-state index contributed by atoms with van der Waals surface area (Å²) >= 11 is 0. The Labute approximate surface area is 142 Å². The minimum atomic E-state index is -3.63. The number of methoxy groups -OCH3 is 1. The van der Waals surface area contributed by atoms with Gasteiger partial charge in [-0.2, -0.15) is 4.31 Å². The predicted octanol–water partition coefficient (Wildman–Crippen LogP) is 0.153. The van der Waals surface area contributed by atoms with Crippen LogP contribution in [-0.4, -0.2) is 81.4 Å². The van der Waals surface area contributed by atoms with Gasteiger partial charge < -0.3 is 14.6 Å². The Balaban J connectivity index is 1.71. The third kappa shape index (κ3) is 3.73. The molecule has 1 unspecified atom stereocenters. The van der Waals surface area contributed by atoms with E-state index in [1.54, 1.807) is 18.2 Å². The van der Waals surface area contributed by atoms with Gasteiger partial charge in [0.05, 0.1) is 30.8 Å². The maximum Gasteiger partial charge on any atom is 0.243 e. The summed E-state index contributed by atoms with van der Waals surface area (Å²) in [6.07, 6.45) is 0.438. The van der Waals surface area contributed by atoms with Crippen LogP contribution in [0.5, 0.6) is 5.75 Å². The summed E-state index contributed by atoms with van der Waals surface area (Å²) in [5.74, 6) is 0.499. The van der Waals surface area contributed by atoms with E-state index in [4.69, 9.17) is 9.47 Å². The van der Waals surface area contributed by atoms with Crippen LogP contribution in [0.2, 0.25) is 0 Å². The minimum absolute atomic E-state index is 0.115. The maximum absolute atomic E-state index is 12.8. The monoisotopic (exact) mass is 356 g/mol. The predicted molar refractivity (Wildman–Crippen MR) is 88.6 cm³/mol. The highest BCUT2D eigenvalue weighted by Crippen LogP contribution is 2.29. The van der Waals surface area contributed by atoms with Crippen LogP contribution in [0.25, 0.3) is 0 Å². The van der Waals surface area contributed by atoms with Gasteiger partial charge in [-0.25, -0.2) is 8.42 Å². The quantitative estimate of drug-likeness (QED) is 0.809. The van der Waals surface area contributed by atoms with Crippen LogP contribution in [0.1, 0.15) is 6.42 Å². The second-order valence-electron chi connectivity index (χ2n) is 6.38. The summed E-state index contributed by atoms with van der Waals surface area (Å²) < 4.78 is 37.4. The largest absolute Gasteiger partial charge is 0.497 e. The third-order valence-corrected chi connectivity index (χ3v) is 6.44. The molecule has 2 heterocycles. The number of aliphatic hydroxyl groups is 1. The molecule has 2 aliphatic heterocycles. The van der Waals surface area contributed by atoms with Gasteiger partial charge in [-0.1, -0.05) is 6.07 Å². The Bertz CT molecular complexity index is 675. The normalized spacial score (nSPS) is 26.6. The summed E-state index contributed by atoms with van der Waals surface area (Å²) in [6, 6.07) is 6.42. The zero-order valence-corrected chi connectivity index (χ0v) is 14.7. The second kappa shape index (κ2) is 6.97. The Hall–Kier alpha value is -1.19. The molecule has 0 bridgehead atoms. The van der Waals surface area contributed by atoms with Gasteiger partial charge in [0.2, 0.25) is 10.0 Å². The van der Waals surface area contributed by atoms with Crippen LogP contribution in [0.3, 0.4) is 0 Å². The van der Waals surface area contributed by atoms with Crippen molar-refractivity contribution in [3.05, 3.63) is 24.3 Å². The average molecular weight is 356 g/mol. The van der Waals surface area contributed by atoms with Gasteiger partial charge in [-0.05, 0) is 18.6 Å².